The minimum Gasteiger partial charge on any atom is -0.505 e. The number of carbonyl (C=O) groups excluding carboxylic acids is 1. The first-order valence-electron chi connectivity index (χ1n) is 4.39. The minimum absolute atomic E-state index is 0. The first-order valence-corrected chi connectivity index (χ1v) is 4.39. The molecule has 0 aromatic carbocycles. The van der Waals surface area contributed by atoms with Crippen LogP contribution in [-0.2, 0) is 31.4 Å². The number of hydrogen-bond acceptors (Lipinski definition) is 8. The molecule has 0 spiro atoms. The van der Waals surface area contributed by atoms with E-state index in [4.69, 9.17) is 25.5 Å². The van der Waals surface area contributed by atoms with Crippen LogP contribution in [0.3, 0.4) is 0 Å². The Hall–Kier alpha value is -1.32. The van der Waals surface area contributed by atoms with Gasteiger partial charge in [0, 0.05) is 0 Å². The van der Waals surface area contributed by atoms with Crippen molar-refractivity contribution in [3.63, 3.8) is 0 Å². The van der Waals surface area contributed by atoms with Gasteiger partial charge in [-0.25, -0.2) is 4.79 Å². The molecule has 1 aliphatic heterocycles. The third-order valence-electron chi connectivity index (χ3n) is 1.65. The first-order chi connectivity index (χ1) is 7.84. The van der Waals surface area contributed by atoms with E-state index in [0.717, 1.165) is 0 Å². The number of aliphatic hydroxyl groups excluding tert-OH is 4. The van der Waals surface area contributed by atoms with Crippen LogP contribution in [-0.4, -0.2) is 62.8 Å². The standard InChI is InChI=1S/C6H8O6.C2H5NO2.Fe/c7-1-2(8)5-3(9)4(10)6(11)12-5;3-1-2(4)5;/h2,5,7-10H,1H2;1,3H2,(H,4,5);/q;;+2/t2-,5-;;/m0../s1. The van der Waals surface area contributed by atoms with Crippen LogP contribution in [0.4, 0.5) is 0 Å². The van der Waals surface area contributed by atoms with Gasteiger partial charge in [-0.1, -0.05) is 0 Å². The number of aliphatic carboxylic acids is 1. The van der Waals surface area contributed by atoms with E-state index in [2.05, 4.69) is 10.5 Å². The van der Waals surface area contributed by atoms with Crippen LogP contribution in [0.25, 0.3) is 0 Å². The monoisotopic (exact) mass is 307 g/mol. The summed E-state index contributed by atoms with van der Waals surface area (Å²) in [5, 5.41) is 42.6. The summed E-state index contributed by atoms with van der Waals surface area (Å²) in [6.07, 6.45) is -2.78. The van der Waals surface area contributed by atoms with Gasteiger partial charge in [0.2, 0.25) is 5.76 Å². The van der Waals surface area contributed by atoms with Gasteiger partial charge in [0.25, 0.3) is 0 Å². The number of rotatable bonds is 3. The van der Waals surface area contributed by atoms with Crippen molar-refractivity contribution < 1.29 is 56.9 Å². The SMILES string of the molecule is NCC(=O)O.O=C1O[C@@H]([C@@H](O)CO)C(O)=C1O.[Fe+2]. The summed E-state index contributed by atoms with van der Waals surface area (Å²) < 4.78 is 4.32. The maximum Gasteiger partial charge on any atom is 2.00 e. The molecule has 7 N–H and O–H groups in total. The van der Waals surface area contributed by atoms with Gasteiger partial charge < -0.3 is 36.0 Å². The molecule has 2 atom stereocenters. The largest absolute Gasteiger partial charge is 2.00 e. The Morgan fingerprint density at radius 1 is 1.44 bits per heavy atom. The summed E-state index contributed by atoms with van der Waals surface area (Å²) >= 11 is 0. The fourth-order valence-corrected chi connectivity index (χ4v) is 0.823. The number of cyclic esters (lactones) is 1. The van der Waals surface area contributed by atoms with Crippen molar-refractivity contribution in [3.8, 4) is 0 Å². The molecular formula is C8H13FeNO8+2. The van der Waals surface area contributed by atoms with E-state index in [1.54, 1.807) is 0 Å². The summed E-state index contributed by atoms with van der Waals surface area (Å²) in [4.78, 5) is 19.8. The van der Waals surface area contributed by atoms with E-state index >= 15 is 0 Å². The van der Waals surface area contributed by atoms with Crippen LogP contribution >= 0.6 is 0 Å². The van der Waals surface area contributed by atoms with E-state index in [-0.39, 0.29) is 23.6 Å². The number of carbonyl (C=O) groups is 2. The predicted molar refractivity (Wildman–Crippen MR) is 51.9 cm³/mol. The number of ether oxygens (including phenoxy) is 1. The van der Waals surface area contributed by atoms with Crippen LogP contribution in [0.1, 0.15) is 0 Å². The first kappa shape index (κ1) is 19.0. The zero-order valence-electron chi connectivity index (χ0n) is 8.96. The summed E-state index contributed by atoms with van der Waals surface area (Å²) in [6.45, 7) is -0.949. The molecule has 0 fully saturated rings. The van der Waals surface area contributed by atoms with Crippen LogP contribution in [0, 0.1) is 0 Å². The van der Waals surface area contributed by atoms with Crippen LogP contribution in [0.15, 0.2) is 11.5 Å². The molecule has 1 aliphatic rings. The average Bonchev–Trinajstić information content (AvgIpc) is 2.56. The predicted octanol–water partition coefficient (Wildman–Crippen LogP) is -2.38. The van der Waals surface area contributed by atoms with E-state index in [1.165, 1.54) is 0 Å². The van der Waals surface area contributed by atoms with Gasteiger partial charge in [0.1, 0.15) is 6.10 Å². The zero-order valence-corrected chi connectivity index (χ0v) is 10.1. The molecule has 0 saturated carbocycles. The molecular weight excluding hydrogens is 294 g/mol. The Labute approximate surface area is 112 Å². The second-order valence-corrected chi connectivity index (χ2v) is 2.91. The number of carboxylic acids is 1. The van der Waals surface area contributed by atoms with E-state index < -0.39 is 42.3 Å². The molecule has 104 valence electrons. The van der Waals surface area contributed by atoms with E-state index in [0.29, 0.717) is 0 Å². The van der Waals surface area contributed by atoms with Crippen molar-refractivity contribution in [2.24, 2.45) is 5.73 Å². The third kappa shape index (κ3) is 5.34. The van der Waals surface area contributed by atoms with Gasteiger partial charge in [0.15, 0.2) is 11.9 Å². The third-order valence-corrected chi connectivity index (χ3v) is 1.65. The molecule has 18 heavy (non-hydrogen) atoms. The molecule has 0 bridgehead atoms. The average molecular weight is 307 g/mol. The fourth-order valence-electron chi connectivity index (χ4n) is 0.823. The fraction of sp³-hybridized carbons (Fsp3) is 0.500. The Morgan fingerprint density at radius 3 is 2.11 bits per heavy atom. The van der Waals surface area contributed by atoms with Gasteiger partial charge >= 0.3 is 29.0 Å². The van der Waals surface area contributed by atoms with Gasteiger partial charge in [-0.05, 0) is 0 Å². The van der Waals surface area contributed by atoms with Crippen molar-refractivity contribution in [2.45, 2.75) is 12.2 Å². The van der Waals surface area contributed by atoms with Crippen molar-refractivity contribution in [2.75, 3.05) is 13.2 Å². The van der Waals surface area contributed by atoms with Gasteiger partial charge in [-0.3, -0.25) is 4.79 Å². The minimum atomic E-state index is -1.42. The Balaban J connectivity index is 0. The summed E-state index contributed by atoms with van der Waals surface area (Å²) in [7, 11) is 0. The Morgan fingerprint density at radius 2 is 1.89 bits per heavy atom. The Bertz CT molecular complexity index is 331. The number of esters is 1. The Kier molecular flexibility index (Phi) is 9.22. The number of carboxylic acid groups (broad SMARTS) is 1. The van der Waals surface area contributed by atoms with Crippen LogP contribution in [0.2, 0.25) is 0 Å². The molecule has 0 aromatic heterocycles. The van der Waals surface area contributed by atoms with Gasteiger partial charge in [0.05, 0.1) is 13.2 Å². The molecule has 1 heterocycles. The number of aliphatic hydroxyl groups is 4. The normalized spacial score (nSPS) is 19.3. The zero-order chi connectivity index (χ0) is 13.6. The molecule has 0 radical (unpaired) electrons. The maximum absolute atomic E-state index is 10.5. The molecule has 0 aliphatic carbocycles. The smallest absolute Gasteiger partial charge is 0.505 e. The molecule has 0 unspecified atom stereocenters. The number of nitrogens with two attached hydrogens (primary N) is 1. The van der Waals surface area contributed by atoms with Crippen molar-refractivity contribution in [1.29, 1.82) is 0 Å². The molecule has 9 nitrogen and oxygen atoms in total. The molecule has 1 rings (SSSR count). The molecule has 0 saturated heterocycles. The summed E-state index contributed by atoms with van der Waals surface area (Å²) in [5.74, 6) is -3.75. The number of hydrogen-bond donors (Lipinski definition) is 6. The van der Waals surface area contributed by atoms with Crippen LogP contribution in [0.5, 0.6) is 0 Å². The second-order valence-electron chi connectivity index (χ2n) is 2.91. The summed E-state index contributed by atoms with van der Waals surface area (Å²) in [5.41, 5.74) is 4.57. The molecule has 0 amide bonds. The van der Waals surface area contributed by atoms with Crippen molar-refractivity contribution in [3.05, 3.63) is 11.5 Å². The van der Waals surface area contributed by atoms with E-state index in [1.807, 2.05) is 0 Å². The molecule has 0 aromatic rings. The molecule has 10 heteroatoms. The maximum atomic E-state index is 10.5. The summed E-state index contributed by atoms with van der Waals surface area (Å²) in [6, 6.07) is 0. The van der Waals surface area contributed by atoms with E-state index in [9.17, 15) is 9.59 Å². The van der Waals surface area contributed by atoms with Gasteiger partial charge in [-0.2, -0.15) is 0 Å². The van der Waals surface area contributed by atoms with Crippen molar-refractivity contribution in [1.82, 2.24) is 0 Å². The van der Waals surface area contributed by atoms with Crippen molar-refractivity contribution >= 4 is 11.9 Å². The quantitative estimate of drug-likeness (QED) is 0.246. The second kappa shape index (κ2) is 8.72. The topological polar surface area (TPSA) is 171 Å². The van der Waals surface area contributed by atoms with Gasteiger partial charge in [-0.15, -0.1) is 0 Å². The van der Waals surface area contributed by atoms with Crippen LogP contribution < -0.4 is 5.73 Å².